The fourth-order valence-corrected chi connectivity index (χ4v) is 4.72. The van der Waals surface area contributed by atoms with Gasteiger partial charge in [-0.15, -0.1) is 0 Å². The van der Waals surface area contributed by atoms with Gasteiger partial charge >= 0.3 is 5.69 Å². The van der Waals surface area contributed by atoms with Crippen LogP contribution < -0.4 is 23.9 Å². The molecule has 12 nitrogen and oxygen atoms in total. The smallest absolute Gasteiger partial charge is 0.311 e. The Morgan fingerprint density at radius 1 is 0.973 bits per heavy atom. The predicted molar refractivity (Wildman–Crippen MR) is 136 cm³/mol. The van der Waals surface area contributed by atoms with Gasteiger partial charge < -0.3 is 14.2 Å². The Morgan fingerprint density at radius 3 is 2.24 bits per heavy atom. The first-order valence-corrected chi connectivity index (χ1v) is 12.1. The van der Waals surface area contributed by atoms with Gasteiger partial charge in [-0.2, -0.15) is 5.10 Å². The van der Waals surface area contributed by atoms with Crippen LogP contribution in [0.3, 0.4) is 0 Å². The molecule has 0 spiro atoms. The van der Waals surface area contributed by atoms with Gasteiger partial charge in [0.25, 0.3) is 15.9 Å². The quantitative estimate of drug-likeness (QED) is 0.227. The van der Waals surface area contributed by atoms with Crippen molar-refractivity contribution in [3.05, 3.63) is 82.4 Å². The molecule has 0 saturated heterocycles. The Labute approximate surface area is 213 Å². The highest BCUT2D eigenvalue weighted by Gasteiger charge is 2.28. The molecule has 0 aliphatic heterocycles. The number of nitro groups is 1. The van der Waals surface area contributed by atoms with E-state index in [1.807, 2.05) is 0 Å². The lowest BCUT2D eigenvalue weighted by atomic mass is 10.2. The van der Waals surface area contributed by atoms with Gasteiger partial charge in [-0.1, -0.05) is 18.2 Å². The van der Waals surface area contributed by atoms with E-state index in [1.165, 1.54) is 76.1 Å². The molecule has 37 heavy (non-hydrogen) atoms. The molecule has 194 valence electrons. The summed E-state index contributed by atoms with van der Waals surface area (Å²) in [6, 6.07) is 16.2. The van der Waals surface area contributed by atoms with Gasteiger partial charge in [0.05, 0.1) is 43.1 Å². The second kappa shape index (κ2) is 11.9. The number of benzene rings is 3. The van der Waals surface area contributed by atoms with E-state index in [-0.39, 0.29) is 27.8 Å². The molecule has 0 heterocycles. The molecule has 0 radical (unpaired) electrons. The van der Waals surface area contributed by atoms with Crippen LogP contribution in [0.4, 0.5) is 11.4 Å². The van der Waals surface area contributed by atoms with Gasteiger partial charge in [0, 0.05) is 17.7 Å². The number of hydrogen-bond acceptors (Lipinski definition) is 9. The molecule has 0 bridgehead atoms. The molecule has 3 aromatic rings. The SMILES string of the molecule is COc1ccc(N(CC(=O)N/N=C/c2ccc(OC)c([N+](=O)[O-])c2)S(=O)(=O)c2ccccc2)cc1OC. The standard InChI is InChI=1S/C24H24N4O8S/c1-34-21-11-9-17(13-20(21)28(30)31)15-25-26-24(29)16-27(37(32,33)19-7-5-4-6-8-19)18-10-12-22(35-2)23(14-18)36-3/h4-15H,16H2,1-3H3,(H,26,29)/b25-15+. The minimum atomic E-state index is -4.16. The molecule has 3 rings (SSSR count). The Morgan fingerprint density at radius 2 is 1.62 bits per heavy atom. The predicted octanol–water partition coefficient (Wildman–Crippen LogP) is 2.97. The highest BCUT2D eigenvalue weighted by molar-refractivity contribution is 7.92. The first-order chi connectivity index (χ1) is 17.7. The lowest BCUT2D eigenvalue weighted by Crippen LogP contribution is -2.39. The normalized spacial score (nSPS) is 11.1. The minimum absolute atomic E-state index is 0.0216. The Kier molecular flexibility index (Phi) is 8.64. The van der Waals surface area contributed by atoms with Crippen molar-refractivity contribution >= 4 is 33.5 Å². The van der Waals surface area contributed by atoms with Crippen LogP contribution in [-0.4, -0.2) is 53.3 Å². The second-order valence-corrected chi connectivity index (χ2v) is 9.21. The molecule has 0 atom stereocenters. The van der Waals surface area contributed by atoms with Crippen LogP contribution in [0.1, 0.15) is 5.56 Å². The number of rotatable bonds is 11. The first kappa shape index (κ1) is 26.9. The number of amides is 1. The van der Waals surface area contributed by atoms with E-state index in [1.54, 1.807) is 18.2 Å². The molecule has 0 unspecified atom stereocenters. The molecule has 0 aliphatic carbocycles. The van der Waals surface area contributed by atoms with Crippen molar-refractivity contribution in [3.8, 4) is 17.2 Å². The van der Waals surface area contributed by atoms with Crippen LogP contribution in [0.25, 0.3) is 0 Å². The lowest BCUT2D eigenvalue weighted by molar-refractivity contribution is -0.385. The third-order valence-corrected chi connectivity index (χ3v) is 6.86. The lowest BCUT2D eigenvalue weighted by Gasteiger charge is -2.24. The summed E-state index contributed by atoms with van der Waals surface area (Å²) in [6.45, 7) is -0.618. The zero-order valence-electron chi connectivity index (χ0n) is 20.2. The number of nitrogens with one attached hydrogen (secondary N) is 1. The summed E-state index contributed by atoms with van der Waals surface area (Å²) in [4.78, 5) is 23.3. The number of hydrazone groups is 1. The monoisotopic (exact) mass is 528 g/mol. The number of anilines is 1. The molecule has 1 N–H and O–H groups in total. The molecule has 13 heteroatoms. The fourth-order valence-electron chi connectivity index (χ4n) is 3.29. The van der Waals surface area contributed by atoms with E-state index in [4.69, 9.17) is 14.2 Å². The zero-order chi connectivity index (χ0) is 27.0. The van der Waals surface area contributed by atoms with Crippen LogP contribution in [0, 0.1) is 10.1 Å². The van der Waals surface area contributed by atoms with Crippen molar-refractivity contribution in [2.75, 3.05) is 32.2 Å². The number of methoxy groups -OCH3 is 3. The number of sulfonamides is 1. The summed E-state index contributed by atoms with van der Waals surface area (Å²) in [5, 5.41) is 15.0. The highest BCUT2D eigenvalue weighted by Crippen LogP contribution is 2.33. The van der Waals surface area contributed by atoms with Gasteiger partial charge in [-0.3, -0.25) is 19.2 Å². The van der Waals surface area contributed by atoms with Gasteiger partial charge in [0.2, 0.25) is 0 Å². The van der Waals surface area contributed by atoms with Gasteiger partial charge in [0.15, 0.2) is 17.2 Å². The van der Waals surface area contributed by atoms with E-state index in [0.717, 1.165) is 4.31 Å². The van der Waals surface area contributed by atoms with E-state index < -0.39 is 27.4 Å². The van der Waals surface area contributed by atoms with Gasteiger partial charge in [-0.05, 0) is 36.4 Å². The van der Waals surface area contributed by atoms with E-state index >= 15 is 0 Å². The van der Waals surface area contributed by atoms with Crippen molar-refractivity contribution in [2.45, 2.75) is 4.90 Å². The van der Waals surface area contributed by atoms with Crippen molar-refractivity contribution in [2.24, 2.45) is 5.10 Å². The van der Waals surface area contributed by atoms with Crippen LogP contribution >= 0.6 is 0 Å². The van der Waals surface area contributed by atoms with Gasteiger partial charge in [-0.25, -0.2) is 13.8 Å². The average molecular weight is 529 g/mol. The van der Waals surface area contributed by atoms with E-state index in [2.05, 4.69) is 10.5 Å². The summed E-state index contributed by atoms with van der Waals surface area (Å²) in [5.74, 6) is -0.0323. The number of nitrogens with zero attached hydrogens (tertiary/aromatic N) is 3. The molecular weight excluding hydrogens is 504 g/mol. The number of hydrogen-bond donors (Lipinski definition) is 1. The number of ether oxygens (including phenoxy) is 3. The van der Waals surface area contributed by atoms with E-state index in [0.29, 0.717) is 11.3 Å². The Hall–Kier alpha value is -4.65. The van der Waals surface area contributed by atoms with Crippen LogP contribution in [-0.2, 0) is 14.8 Å². The van der Waals surface area contributed by atoms with Crippen LogP contribution in [0.2, 0.25) is 0 Å². The van der Waals surface area contributed by atoms with Crippen molar-refractivity contribution in [1.29, 1.82) is 0 Å². The van der Waals surface area contributed by atoms with E-state index in [9.17, 15) is 23.3 Å². The Bertz CT molecular complexity index is 1410. The molecule has 0 aromatic heterocycles. The third kappa shape index (κ3) is 6.32. The molecule has 0 saturated carbocycles. The van der Waals surface area contributed by atoms with Crippen molar-refractivity contribution in [1.82, 2.24) is 5.43 Å². The zero-order valence-corrected chi connectivity index (χ0v) is 21.0. The van der Waals surface area contributed by atoms with Crippen molar-refractivity contribution in [3.63, 3.8) is 0 Å². The maximum absolute atomic E-state index is 13.4. The maximum Gasteiger partial charge on any atom is 0.311 e. The first-order valence-electron chi connectivity index (χ1n) is 10.7. The largest absolute Gasteiger partial charge is 0.493 e. The maximum atomic E-state index is 13.4. The van der Waals surface area contributed by atoms with Crippen molar-refractivity contribution < 1.29 is 32.3 Å². The molecule has 0 aliphatic rings. The summed E-state index contributed by atoms with van der Waals surface area (Å²) >= 11 is 0. The molecule has 3 aromatic carbocycles. The van der Waals surface area contributed by atoms with Gasteiger partial charge in [0.1, 0.15) is 6.54 Å². The average Bonchev–Trinajstić information content (AvgIpc) is 2.91. The summed E-state index contributed by atoms with van der Waals surface area (Å²) in [6.07, 6.45) is 1.19. The van der Waals surface area contributed by atoms with Crippen LogP contribution in [0.5, 0.6) is 17.2 Å². The minimum Gasteiger partial charge on any atom is -0.493 e. The summed E-state index contributed by atoms with van der Waals surface area (Å²) in [7, 11) is -0.000193. The number of carbonyl (C=O) groups excluding carboxylic acids is 1. The summed E-state index contributed by atoms with van der Waals surface area (Å²) < 4.78 is 43.2. The number of carbonyl (C=O) groups is 1. The van der Waals surface area contributed by atoms with Crippen LogP contribution in [0.15, 0.2) is 76.7 Å². The highest BCUT2D eigenvalue weighted by atomic mass is 32.2. The molecule has 1 amide bonds. The summed E-state index contributed by atoms with van der Waals surface area (Å²) in [5.41, 5.74) is 2.46. The third-order valence-electron chi connectivity index (χ3n) is 5.08. The molecular formula is C24H24N4O8S. The topological polar surface area (TPSA) is 150 Å². The Balaban J connectivity index is 1.88. The molecule has 0 fully saturated rings. The fraction of sp³-hybridized carbons (Fsp3) is 0.167. The second-order valence-electron chi connectivity index (χ2n) is 7.35. The number of nitro benzene ring substituents is 1.